The van der Waals surface area contributed by atoms with Crippen LogP contribution in [-0.2, 0) is 4.79 Å². The molecule has 2 rings (SSSR count). The van der Waals surface area contributed by atoms with Crippen molar-refractivity contribution in [1.29, 1.82) is 0 Å². The predicted molar refractivity (Wildman–Crippen MR) is 56.1 cm³/mol. The Morgan fingerprint density at radius 3 is 2.80 bits per heavy atom. The minimum atomic E-state index is -0.547. The van der Waals surface area contributed by atoms with Crippen molar-refractivity contribution in [2.75, 3.05) is 5.32 Å². The molecule has 1 saturated carbocycles. The molecule has 2 atom stereocenters. The number of hydrogen-bond donors (Lipinski definition) is 2. The fourth-order valence-corrected chi connectivity index (χ4v) is 1.44. The van der Waals surface area contributed by atoms with Crippen LogP contribution in [0.25, 0.3) is 0 Å². The molecule has 1 aromatic rings. The first-order chi connectivity index (χ1) is 7.08. The van der Waals surface area contributed by atoms with Crippen LogP contribution in [0.4, 0.5) is 10.1 Å². The van der Waals surface area contributed by atoms with Gasteiger partial charge in [-0.2, -0.15) is 0 Å². The largest absolute Gasteiger partial charge is 0.327 e. The highest BCUT2D eigenvalue weighted by atomic mass is 35.5. The summed E-state index contributed by atoms with van der Waals surface area (Å²) in [6.07, 6.45) is 0.696. The second kappa shape index (κ2) is 3.79. The molecular formula is C10H10ClFN2O. The Bertz CT molecular complexity index is 410. The number of nitrogens with one attached hydrogen (secondary N) is 1. The van der Waals surface area contributed by atoms with Crippen molar-refractivity contribution in [3.63, 3.8) is 0 Å². The lowest BCUT2D eigenvalue weighted by atomic mass is 10.3. The average molecular weight is 229 g/mol. The molecule has 5 heteroatoms. The van der Waals surface area contributed by atoms with Gasteiger partial charge in [-0.25, -0.2) is 4.39 Å². The van der Waals surface area contributed by atoms with Gasteiger partial charge in [0.1, 0.15) is 5.82 Å². The van der Waals surface area contributed by atoms with Crippen molar-refractivity contribution in [2.24, 2.45) is 11.7 Å². The summed E-state index contributed by atoms with van der Waals surface area (Å²) < 4.78 is 13.0. The maximum absolute atomic E-state index is 13.0. The third-order valence-electron chi connectivity index (χ3n) is 2.36. The Morgan fingerprint density at radius 1 is 1.60 bits per heavy atom. The van der Waals surface area contributed by atoms with Gasteiger partial charge in [0.25, 0.3) is 0 Å². The van der Waals surface area contributed by atoms with Crippen LogP contribution in [-0.4, -0.2) is 11.9 Å². The average Bonchev–Trinajstić information content (AvgIpc) is 2.89. The standard InChI is InChI=1S/C10H10ClFN2O/c11-7-2-1-5(3-8(7)12)14-10(15)6-4-9(6)13/h1-3,6,9H,4,13H2,(H,14,15). The highest BCUT2D eigenvalue weighted by Crippen LogP contribution is 2.29. The second-order valence-corrected chi connectivity index (χ2v) is 4.03. The molecule has 1 aromatic carbocycles. The van der Waals surface area contributed by atoms with Crippen LogP contribution in [0.1, 0.15) is 6.42 Å². The van der Waals surface area contributed by atoms with E-state index in [1.54, 1.807) is 6.07 Å². The lowest BCUT2D eigenvalue weighted by molar-refractivity contribution is -0.117. The predicted octanol–water partition coefficient (Wildman–Crippen LogP) is 1.76. The lowest BCUT2D eigenvalue weighted by Crippen LogP contribution is -2.18. The minimum absolute atomic E-state index is 0.0381. The number of hydrogen-bond acceptors (Lipinski definition) is 2. The highest BCUT2D eigenvalue weighted by molar-refractivity contribution is 6.30. The quantitative estimate of drug-likeness (QED) is 0.811. The Hall–Kier alpha value is -1.13. The highest BCUT2D eigenvalue weighted by Gasteiger charge is 2.39. The van der Waals surface area contributed by atoms with Gasteiger partial charge in [0.05, 0.1) is 10.9 Å². The number of nitrogens with two attached hydrogens (primary N) is 1. The van der Waals surface area contributed by atoms with E-state index in [-0.39, 0.29) is 22.9 Å². The van der Waals surface area contributed by atoms with Gasteiger partial charge in [0.15, 0.2) is 0 Å². The third kappa shape index (κ3) is 2.27. The van der Waals surface area contributed by atoms with E-state index in [1.807, 2.05) is 0 Å². The maximum atomic E-state index is 13.0. The Labute approximate surface area is 91.4 Å². The first-order valence-corrected chi connectivity index (χ1v) is 4.97. The molecule has 2 unspecified atom stereocenters. The molecule has 1 fully saturated rings. The van der Waals surface area contributed by atoms with Crippen LogP contribution in [0.15, 0.2) is 18.2 Å². The smallest absolute Gasteiger partial charge is 0.229 e. The van der Waals surface area contributed by atoms with Crippen molar-refractivity contribution in [3.8, 4) is 0 Å². The molecule has 1 aliphatic carbocycles. The first kappa shape index (κ1) is 10.4. The maximum Gasteiger partial charge on any atom is 0.229 e. The van der Waals surface area contributed by atoms with Crippen LogP contribution in [0, 0.1) is 11.7 Å². The van der Waals surface area contributed by atoms with E-state index in [0.29, 0.717) is 12.1 Å². The molecule has 0 saturated heterocycles. The Kier molecular flexibility index (Phi) is 2.63. The molecule has 0 aliphatic heterocycles. The van der Waals surface area contributed by atoms with Gasteiger partial charge in [0, 0.05) is 11.7 Å². The fraction of sp³-hybridized carbons (Fsp3) is 0.300. The molecule has 15 heavy (non-hydrogen) atoms. The fourth-order valence-electron chi connectivity index (χ4n) is 1.32. The van der Waals surface area contributed by atoms with Crippen molar-refractivity contribution in [1.82, 2.24) is 0 Å². The van der Waals surface area contributed by atoms with E-state index in [2.05, 4.69) is 5.32 Å². The number of rotatable bonds is 2. The number of halogens is 2. The number of anilines is 1. The number of benzene rings is 1. The number of carbonyl (C=O) groups excluding carboxylic acids is 1. The van der Waals surface area contributed by atoms with Gasteiger partial charge in [-0.1, -0.05) is 11.6 Å². The van der Waals surface area contributed by atoms with Gasteiger partial charge in [0.2, 0.25) is 5.91 Å². The number of amides is 1. The lowest BCUT2D eigenvalue weighted by Gasteiger charge is -2.04. The van der Waals surface area contributed by atoms with Crippen LogP contribution in [0.2, 0.25) is 5.02 Å². The SMILES string of the molecule is NC1CC1C(=O)Nc1ccc(Cl)c(F)c1. The summed E-state index contributed by atoms with van der Waals surface area (Å²) in [4.78, 5) is 11.4. The minimum Gasteiger partial charge on any atom is -0.327 e. The summed E-state index contributed by atoms with van der Waals surface area (Å²) in [7, 11) is 0. The van der Waals surface area contributed by atoms with E-state index >= 15 is 0 Å². The molecule has 1 aliphatic rings. The Morgan fingerprint density at radius 2 is 2.27 bits per heavy atom. The number of carbonyl (C=O) groups is 1. The summed E-state index contributed by atoms with van der Waals surface area (Å²) >= 11 is 5.51. The molecule has 0 spiro atoms. The molecular weight excluding hydrogens is 219 g/mol. The van der Waals surface area contributed by atoms with Gasteiger partial charge >= 0.3 is 0 Å². The summed E-state index contributed by atoms with van der Waals surface area (Å²) in [5.74, 6) is -0.845. The molecule has 3 nitrogen and oxygen atoms in total. The Balaban J connectivity index is 2.04. The van der Waals surface area contributed by atoms with Crippen molar-refractivity contribution in [3.05, 3.63) is 29.0 Å². The molecule has 0 radical (unpaired) electrons. The molecule has 80 valence electrons. The topological polar surface area (TPSA) is 55.1 Å². The first-order valence-electron chi connectivity index (χ1n) is 4.59. The van der Waals surface area contributed by atoms with E-state index in [0.717, 1.165) is 0 Å². The van der Waals surface area contributed by atoms with Gasteiger partial charge < -0.3 is 11.1 Å². The zero-order chi connectivity index (χ0) is 11.0. The van der Waals surface area contributed by atoms with Crippen LogP contribution in [0.3, 0.4) is 0 Å². The van der Waals surface area contributed by atoms with Gasteiger partial charge in [-0.05, 0) is 24.6 Å². The normalized spacial score (nSPS) is 23.7. The van der Waals surface area contributed by atoms with Crippen LogP contribution >= 0.6 is 11.6 Å². The molecule has 0 aromatic heterocycles. The molecule has 1 amide bonds. The van der Waals surface area contributed by atoms with Crippen molar-refractivity contribution in [2.45, 2.75) is 12.5 Å². The zero-order valence-corrected chi connectivity index (χ0v) is 8.59. The van der Waals surface area contributed by atoms with E-state index < -0.39 is 5.82 Å². The zero-order valence-electron chi connectivity index (χ0n) is 7.84. The second-order valence-electron chi connectivity index (χ2n) is 3.62. The van der Waals surface area contributed by atoms with E-state index in [4.69, 9.17) is 17.3 Å². The van der Waals surface area contributed by atoms with Gasteiger partial charge in [-0.15, -0.1) is 0 Å². The summed E-state index contributed by atoms with van der Waals surface area (Å²) in [5.41, 5.74) is 5.92. The van der Waals surface area contributed by atoms with E-state index in [9.17, 15) is 9.18 Å². The monoisotopic (exact) mass is 228 g/mol. The molecule has 0 heterocycles. The van der Waals surface area contributed by atoms with Crippen molar-refractivity contribution < 1.29 is 9.18 Å². The summed E-state index contributed by atoms with van der Waals surface area (Å²) in [5, 5.41) is 2.62. The summed E-state index contributed by atoms with van der Waals surface area (Å²) in [6.45, 7) is 0. The van der Waals surface area contributed by atoms with Gasteiger partial charge in [-0.3, -0.25) is 4.79 Å². The molecule has 3 N–H and O–H groups in total. The van der Waals surface area contributed by atoms with Crippen LogP contribution in [0.5, 0.6) is 0 Å². The van der Waals surface area contributed by atoms with E-state index in [1.165, 1.54) is 12.1 Å². The molecule has 0 bridgehead atoms. The third-order valence-corrected chi connectivity index (χ3v) is 2.67. The van der Waals surface area contributed by atoms with Crippen molar-refractivity contribution >= 4 is 23.2 Å². The van der Waals surface area contributed by atoms with Crippen LogP contribution < -0.4 is 11.1 Å². The summed E-state index contributed by atoms with van der Waals surface area (Å²) in [6, 6.07) is 4.09.